The van der Waals surface area contributed by atoms with Gasteiger partial charge < -0.3 is 20.3 Å². The third-order valence-corrected chi connectivity index (χ3v) is 5.61. The van der Waals surface area contributed by atoms with Gasteiger partial charge in [-0.2, -0.15) is 0 Å². The number of nitrogens with zero attached hydrogens (tertiary/aromatic N) is 3. The van der Waals surface area contributed by atoms with Gasteiger partial charge in [0, 0.05) is 18.5 Å². The first-order valence-corrected chi connectivity index (χ1v) is 10.3. The molecule has 152 valence electrons. The first kappa shape index (κ1) is 21.0. The lowest BCUT2D eigenvalue weighted by molar-refractivity contribution is -0.117. The Hall–Kier alpha value is -1.74. The minimum atomic E-state index is -0.107. The van der Waals surface area contributed by atoms with Crippen LogP contribution >= 0.6 is 23.7 Å². The molecule has 2 saturated heterocycles. The van der Waals surface area contributed by atoms with Gasteiger partial charge in [0.25, 0.3) is 0 Å². The molecule has 7 nitrogen and oxygen atoms in total. The van der Waals surface area contributed by atoms with Crippen LogP contribution in [0.4, 0.5) is 10.9 Å². The molecule has 2 aromatic heterocycles. The van der Waals surface area contributed by atoms with E-state index in [2.05, 4.69) is 34.4 Å². The molecule has 0 aromatic carbocycles. The van der Waals surface area contributed by atoms with Crippen LogP contribution < -0.4 is 15.5 Å². The SMILES string of the molecule is C[C@@H]1CN(c2cccc(-c3csc(NC(=O)C4CCCN4)n3)n2)C[C@H](C)O1.Cl. The van der Waals surface area contributed by atoms with Crippen LogP contribution in [0.25, 0.3) is 11.4 Å². The highest BCUT2D eigenvalue weighted by Crippen LogP contribution is 2.26. The molecule has 28 heavy (non-hydrogen) atoms. The first-order chi connectivity index (χ1) is 13.1. The Labute approximate surface area is 175 Å². The van der Waals surface area contributed by atoms with Gasteiger partial charge in [-0.15, -0.1) is 23.7 Å². The number of hydrogen-bond acceptors (Lipinski definition) is 7. The Bertz CT molecular complexity index is 801. The molecule has 4 heterocycles. The van der Waals surface area contributed by atoms with E-state index in [-0.39, 0.29) is 36.6 Å². The van der Waals surface area contributed by atoms with Gasteiger partial charge in [-0.05, 0) is 45.4 Å². The highest BCUT2D eigenvalue weighted by atomic mass is 35.5. The van der Waals surface area contributed by atoms with Crippen LogP contribution in [0.2, 0.25) is 0 Å². The summed E-state index contributed by atoms with van der Waals surface area (Å²) in [7, 11) is 0. The lowest BCUT2D eigenvalue weighted by Gasteiger charge is -2.36. The Morgan fingerprint density at radius 1 is 1.25 bits per heavy atom. The molecule has 4 rings (SSSR count). The summed E-state index contributed by atoms with van der Waals surface area (Å²) >= 11 is 1.43. The van der Waals surface area contributed by atoms with Crippen molar-refractivity contribution >= 4 is 40.6 Å². The average molecular weight is 424 g/mol. The third-order valence-electron chi connectivity index (χ3n) is 4.85. The zero-order chi connectivity index (χ0) is 18.8. The number of amides is 1. The van der Waals surface area contributed by atoms with Crippen molar-refractivity contribution in [3.63, 3.8) is 0 Å². The summed E-state index contributed by atoms with van der Waals surface area (Å²) < 4.78 is 5.81. The van der Waals surface area contributed by atoms with Crippen molar-refractivity contribution in [3.05, 3.63) is 23.6 Å². The van der Waals surface area contributed by atoms with Gasteiger partial charge in [-0.3, -0.25) is 4.79 Å². The zero-order valence-corrected chi connectivity index (χ0v) is 17.7. The third kappa shape index (κ3) is 4.81. The van der Waals surface area contributed by atoms with Gasteiger partial charge in [0.1, 0.15) is 11.5 Å². The summed E-state index contributed by atoms with van der Waals surface area (Å²) in [6.07, 6.45) is 2.29. The summed E-state index contributed by atoms with van der Waals surface area (Å²) in [5, 5.41) is 8.67. The lowest BCUT2D eigenvalue weighted by Crippen LogP contribution is -2.45. The van der Waals surface area contributed by atoms with Crippen molar-refractivity contribution in [1.29, 1.82) is 0 Å². The van der Waals surface area contributed by atoms with E-state index >= 15 is 0 Å². The van der Waals surface area contributed by atoms with Crippen LogP contribution in [0.3, 0.4) is 0 Å². The molecule has 2 N–H and O–H groups in total. The average Bonchev–Trinajstić information content (AvgIpc) is 3.33. The Balaban J connectivity index is 0.00000225. The minimum absolute atomic E-state index is 0. The van der Waals surface area contributed by atoms with E-state index in [0.717, 1.165) is 49.7 Å². The van der Waals surface area contributed by atoms with Crippen LogP contribution in [-0.4, -0.2) is 53.8 Å². The molecule has 1 amide bonds. The molecule has 2 aliphatic heterocycles. The predicted molar refractivity (Wildman–Crippen MR) is 114 cm³/mol. The van der Waals surface area contributed by atoms with Crippen molar-refractivity contribution in [2.75, 3.05) is 29.9 Å². The molecular formula is C19H26ClN5O2S. The van der Waals surface area contributed by atoms with Crippen molar-refractivity contribution < 1.29 is 9.53 Å². The van der Waals surface area contributed by atoms with Crippen molar-refractivity contribution in [2.45, 2.75) is 44.9 Å². The Morgan fingerprint density at radius 3 is 2.75 bits per heavy atom. The molecule has 2 aromatic rings. The van der Waals surface area contributed by atoms with Gasteiger partial charge in [-0.1, -0.05) is 6.07 Å². The molecule has 0 bridgehead atoms. The quantitative estimate of drug-likeness (QED) is 0.787. The van der Waals surface area contributed by atoms with Crippen LogP contribution in [0.15, 0.2) is 23.6 Å². The van der Waals surface area contributed by atoms with Gasteiger partial charge in [0.2, 0.25) is 5.91 Å². The lowest BCUT2D eigenvalue weighted by atomic mass is 10.2. The van der Waals surface area contributed by atoms with E-state index < -0.39 is 0 Å². The highest BCUT2D eigenvalue weighted by Gasteiger charge is 2.24. The van der Waals surface area contributed by atoms with Crippen LogP contribution in [0.1, 0.15) is 26.7 Å². The largest absolute Gasteiger partial charge is 0.372 e. The maximum Gasteiger partial charge on any atom is 0.243 e. The fourth-order valence-electron chi connectivity index (χ4n) is 3.66. The fraction of sp³-hybridized carbons (Fsp3) is 0.526. The molecule has 2 fully saturated rings. The number of nitrogens with one attached hydrogen (secondary N) is 2. The maximum absolute atomic E-state index is 12.2. The predicted octanol–water partition coefficient (Wildman–Crippen LogP) is 2.93. The molecular weight excluding hydrogens is 398 g/mol. The monoisotopic (exact) mass is 423 g/mol. The summed E-state index contributed by atoms with van der Waals surface area (Å²) in [5.74, 6) is 0.926. The number of halogens is 1. The van der Waals surface area contributed by atoms with Crippen molar-refractivity contribution in [1.82, 2.24) is 15.3 Å². The number of hydrogen-bond donors (Lipinski definition) is 2. The fourth-order valence-corrected chi connectivity index (χ4v) is 4.36. The summed E-state index contributed by atoms with van der Waals surface area (Å²) in [5.41, 5.74) is 1.60. The summed E-state index contributed by atoms with van der Waals surface area (Å²) in [4.78, 5) is 23.9. The second kappa shape index (κ2) is 9.17. The highest BCUT2D eigenvalue weighted by molar-refractivity contribution is 7.14. The smallest absolute Gasteiger partial charge is 0.243 e. The second-order valence-corrected chi connectivity index (χ2v) is 8.08. The molecule has 2 aliphatic rings. The van der Waals surface area contributed by atoms with Gasteiger partial charge >= 0.3 is 0 Å². The van der Waals surface area contributed by atoms with E-state index in [1.165, 1.54) is 11.3 Å². The van der Waals surface area contributed by atoms with E-state index in [1.54, 1.807) is 0 Å². The number of ether oxygens (including phenoxy) is 1. The number of thiazole rings is 1. The van der Waals surface area contributed by atoms with Gasteiger partial charge in [0.05, 0.1) is 23.9 Å². The Kier molecular flexibility index (Phi) is 6.87. The molecule has 0 radical (unpaired) electrons. The molecule has 0 spiro atoms. The molecule has 9 heteroatoms. The second-order valence-electron chi connectivity index (χ2n) is 7.22. The number of carbonyl (C=O) groups is 1. The molecule has 3 atom stereocenters. The van der Waals surface area contributed by atoms with E-state index in [9.17, 15) is 4.79 Å². The number of morpholine rings is 1. The molecule has 0 aliphatic carbocycles. The van der Waals surface area contributed by atoms with Crippen molar-refractivity contribution in [3.8, 4) is 11.4 Å². The standard InChI is InChI=1S/C19H25N5O2S.ClH/c1-12-9-24(10-13(2)26-12)17-7-3-5-14(21-17)16-11-27-19(22-16)23-18(25)15-6-4-8-20-15;/h3,5,7,11-13,15,20H,4,6,8-10H2,1-2H3,(H,22,23,25);1H/t12-,13+,15?;. The van der Waals surface area contributed by atoms with Crippen LogP contribution in [0, 0.1) is 0 Å². The number of rotatable bonds is 4. The van der Waals surface area contributed by atoms with E-state index in [0.29, 0.717) is 5.13 Å². The molecule has 0 saturated carbocycles. The number of aromatic nitrogens is 2. The molecule has 1 unspecified atom stereocenters. The van der Waals surface area contributed by atoms with Crippen molar-refractivity contribution in [2.24, 2.45) is 0 Å². The summed E-state index contributed by atoms with van der Waals surface area (Å²) in [6.45, 7) is 6.72. The maximum atomic E-state index is 12.2. The summed E-state index contributed by atoms with van der Waals surface area (Å²) in [6, 6.07) is 5.87. The van der Waals surface area contributed by atoms with Gasteiger partial charge in [0.15, 0.2) is 5.13 Å². The minimum Gasteiger partial charge on any atom is -0.372 e. The van der Waals surface area contributed by atoms with E-state index in [1.807, 2.05) is 23.6 Å². The van der Waals surface area contributed by atoms with Crippen LogP contribution in [-0.2, 0) is 9.53 Å². The number of pyridine rings is 1. The Morgan fingerprint density at radius 2 is 2.04 bits per heavy atom. The van der Waals surface area contributed by atoms with Gasteiger partial charge in [-0.25, -0.2) is 9.97 Å². The van der Waals surface area contributed by atoms with E-state index in [4.69, 9.17) is 9.72 Å². The normalized spacial score (nSPS) is 24.6. The topological polar surface area (TPSA) is 79.4 Å². The first-order valence-electron chi connectivity index (χ1n) is 9.46. The number of carbonyl (C=O) groups excluding carboxylic acids is 1. The zero-order valence-electron chi connectivity index (χ0n) is 16.1. The number of anilines is 2. The van der Waals surface area contributed by atoms with Crippen LogP contribution in [0.5, 0.6) is 0 Å².